The minimum atomic E-state index is -4.17. The Morgan fingerprint density at radius 2 is 1.57 bits per heavy atom. The molecule has 0 fully saturated rings. The molecule has 0 heterocycles. The Hall–Kier alpha value is -3.37. The molecule has 0 aromatic heterocycles. The lowest BCUT2D eigenvalue weighted by molar-refractivity contribution is -0.140. The quantitative estimate of drug-likeness (QED) is 0.323. The molecule has 0 radical (unpaired) electrons. The summed E-state index contributed by atoms with van der Waals surface area (Å²) in [5.41, 5.74) is 0.859. The lowest BCUT2D eigenvalue weighted by atomic mass is 10.1. The summed E-state index contributed by atoms with van der Waals surface area (Å²) in [6.07, 6.45) is 1.89. The highest BCUT2D eigenvalue weighted by Gasteiger charge is 2.33. The molecule has 0 bridgehead atoms. The number of carbonyl (C=O) groups excluding carboxylic acids is 2. The van der Waals surface area contributed by atoms with Gasteiger partial charge in [0.25, 0.3) is 10.0 Å². The molecule has 3 aromatic carbocycles. The number of anilines is 1. The monoisotopic (exact) mass is 585 g/mol. The Labute approximate surface area is 240 Å². The van der Waals surface area contributed by atoms with E-state index in [9.17, 15) is 22.4 Å². The van der Waals surface area contributed by atoms with Crippen LogP contribution in [0.25, 0.3) is 0 Å². The van der Waals surface area contributed by atoms with Gasteiger partial charge in [-0.2, -0.15) is 0 Å². The zero-order valence-electron chi connectivity index (χ0n) is 23.6. The third-order valence-electron chi connectivity index (χ3n) is 6.21. The zero-order valence-corrected chi connectivity index (χ0v) is 25.3. The number of hydrogen-bond acceptors (Lipinski definition) is 5. The second-order valence-electron chi connectivity index (χ2n) is 10.6. The first-order valence-corrected chi connectivity index (χ1v) is 15.5. The van der Waals surface area contributed by atoms with E-state index in [0.29, 0.717) is 5.69 Å². The average Bonchev–Trinajstić information content (AvgIpc) is 2.90. The summed E-state index contributed by atoms with van der Waals surface area (Å²) in [7, 11) is -4.17. The summed E-state index contributed by atoms with van der Waals surface area (Å²) in [5.74, 6) is -1.61. The van der Waals surface area contributed by atoms with Crippen molar-refractivity contribution in [2.75, 3.05) is 17.1 Å². The van der Waals surface area contributed by atoms with Gasteiger partial charge in [-0.05, 0) is 83.3 Å². The minimum absolute atomic E-state index is 0.0258. The van der Waals surface area contributed by atoms with E-state index in [1.54, 1.807) is 49.4 Å². The van der Waals surface area contributed by atoms with Gasteiger partial charge in [0, 0.05) is 22.5 Å². The van der Waals surface area contributed by atoms with Crippen LogP contribution in [-0.2, 0) is 26.2 Å². The lowest BCUT2D eigenvalue weighted by Crippen LogP contribution is -2.54. The third kappa shape index (κ3) is 7.85. The maximum absolute atomic E-state index is 14.6. The number of benzene rings is 3. The van der Waals surface area contributed by atoms with Crippen LogP contribution in [0, 0.1) is 12.7 Å². The summed E-state index contributed by atoms with van der Waals surface area (Å²) in [6.45, 7) is 8.07. The maximum Gasteiger partial charge on any atom is 0.264 e. The largest absolute Gasteiger partial charge is 0.350 e. The fraction of sp³-hybridized carbons (Fsp3) is 0.333. The van der Waals surface area contributed by atoms with E-state index >= 15 is 0 Å². The number of aryl methyl sites for hydroxylation is 1. The van der Waals surface area contributed by atoms with E-state index in [2.05, 4.69) is 5.32 Å². The molecule has 3 aromatic rings. The van der Waals surface area contributed by atoms with Crippen molar-refractivity contribution in [3.05, 3.63) is 89.7 Å². The summed E-state index contributed by atoms with van der Waals surface area (Å²) < 4.78 is 43.5. The first-order chi connectivity index (χ1) is 18.7. The smallest absolute Gasteiger partial charge is 0.264 e. The second kappa shape index (κ2) is 12.9. The van der Waals surface area contributed by atoms with Crippen molar-refractivity contribution in [1.29, 1.82) is 0 Å². The van der Waals surface area contributed by atoms with Gasteiger partial charge in [-0.25, -0.2) is 12.8 Å². The number of thioether (sulfide) groups is 1. The second-order valence-corrected chi connectivity index (χ2v) is 13.3. The maximum atomic E-state index is 14.6. The van der Waals surface area contributed by atoms with E-state index in [4.69, 9.17) is 0 Å². The number of nitrogens with one attached hydrogen (secondary N) is 1. The van der Waals surface area contributed by atoms with E-state index in [1.165, 1.54) is 47.0 Å². The van der Waals surface area contributed by atoms with Crippen LogP contribution in [0.4, 0.5) is 10.1 Å². The van der Waals surface area contributed by atoms with Crippen molar-refractivity contribution in [1.82, 2.24) is 10.2 Å². The highest BCUT2D eigenvalue weighted by Crippen LogP contribution is 2.27. The molecule has 0 unspecified atom stereocenters. The number of rotatable bonds is 10. The van der Waals surface area contributed by atoms with Gasteiger partial charge >= 0.3 is 0 Å². The van der Waals surface area contributed by atoms with Crippen molar-refractivity contribution in [3.63, 3.8) is 0 Å². The fourth-order valence-corrected chi connectivity index (χ4v) is 5.80. The van der Waals surface area contributed by atoms with E-state index in [0.717, 1.165) is 14.8 Å². The van der Waals surface area contributed by atoms with E-state index in [-0.39, 0.29) is 17.0 Å². The van der Waals surface area contributed by atoms with Crippen LogP contribution in [0.2, 0.25) is 0 Å². The molecule has 1 atom stereocenters. The van der Waals surface area contributed by atoms with Crippen LogP contribution in [0.3, 0.4) is 0 Å². The SMILES string of the molecule is CSc1ccc(S(=O)(=O)N(CC(=O)N(Cc2ccccc2F)[C@@H](C)C(=O)NC(C)(C)C)c2ccc(C)cc2)cc1. The number of hydrogen-bond donors (Lipinski definition) is 1. The fourth-order valence-electron chi connectivity index (χ4n) is 3.98. The predicted octanol–water partition coefficient (Wildman–Crippen LogP) is 5.38. The number of halogens is 1. The molecule has 10 heteroatoms. The standard InChI is InChI=1S/C30H36FN3O4S2/c1-21-11-13-24(14-12-21)34(40(37,38)26-17-15-25(39-6)16-18-26)20-28(35)33(19-23-9-7-8-10-27(23)31)22(2)29(36)32-30(3,4)5/h7-18,22H,19-20H2,1-6H3,(H,32,36)/t22-/m0/s1. The van der Waals surface area contributed by atoms with Gasteiger partial charge in [0.15, 0.2) is 0 Å². The van der Waals surface area contributed by atoms with Crippen molar-refractivity contribution >= 4 is 39.3 Å². The van der Waals surface area contributed by atoms with Crippen LogP contribution in [0.15, 0.2) is 82.6 Å². The van der Waals surface area contributed by atoms with Crippen LogP contribution in [0.5, 0.6) is 0 Å². The Morgan fingerprint density at radius 3 is 2.12 bits per heavy atom. The van der Waals surface area contributed by atoms with Crippen LogP contribution in [-0.4, -0.2) is 49.5 Å². The van der Waals surface area contributed by atoms with Gasteiger partial charge < -0.3 is 10.2 Å². The summed E-state index contributed by atoms with van der Waals surface area (Å²) in [5, 5.41) is 2.85. The van der Waals surface area contributed by atoms with Crippen LogP contribution in [0.1, 0.15) is 38.8 Å². The average molecular weight is 586 g/mol. The van der Waals surface area contributed by atoms with Gasteiger partial charge in [0.1, 0.15) is 18.4 Å². The molecule has 0 aliphatic heterocycles. The Bertz CT molecular complexity index is 1440. The van der Waals surface area contributed by atoms with Crippen molar-refractivity contribution in [2.45, 2.75) is 62.5 Å². The van der Waals surface area contributed by atoms with Crippen molar-refractivity contribution in [2.24, 2.45) is 0 Å². The predicted molar refractivity (Wildman–Crippen MR) is 158 cm³/mol. The molecule has 214 valence electrons. The molecular formula is C30H36FN3O4S2. The molecule has 40 heavy (non-hydrogen) atoms. The summed E-state index contributed by atoms with van der Waals surface area (Å²) in [6, 6.07) is 18.2. The highest BCUT2D eigenvalue weighted by atomic mass is 32.2. The zero-order chi connectivity index (χ0) is 29.7. The molecule has 0 spiro atoms. The number of amides is 2. The van der Waals surface area contributed by atoms with E-state index in [1.807, 2.05) is 34.0 Å². The third-order valence-corrected chi connectivity index (χ3v) is 8.74. The Morgan fingerprint density at radius 1 is 0.975 bits per heavy atom. The van der Waals surface area contributed by atoms with Crippen LogP contribution >= 0.6 is 11.8 Å². The van der Waals surface area contributed by atoms with E-state index < -0.39 is 45.8 Å². The summed E-state index contributed by atoms with van der Waals surface area (Å²) >= 11 is 1.48. The minimum Gasteiger partial charge on any atom is -0.350 e. The van der Waals surface area contributed by atoms with Gasteiger partial charge in [-0.1, -0.05) is 35.9 Å². The Balaban J connectivity index is 2.04. The number of nitrogens with zero attached hydrogens (tertiary/aromatic N) is 2. The van der Waals surface area contributed by atoms with Gasteiger partial charge in [0.05, 0.1) is 10.6 Å². The van der Waals surface area contributed by atoms with Gasteiger partial charge in [-0.15, -0.1) is 11.8 Å². The summed E-state index contributed by atoms with van der Waals surface area (Å²) in [4.78, 5) is 29.2. The first-order valence-electron chi connectivity index (χ1n) is 12.8. The van der Waals surface area contributed by atoms with Crippen LogP contribution < -0.4 is 9.62 Å². The first kappa shape index (κ1) is 31.2. The molecule has 2 amide bonds. The molecule has 0 saturated carbocycles. The lowest BCUT2D eigenvalue weighted by Gasteiger charge is -2.33. The van der Waals surface area contributed by atoms with Crippen molar-refractivity contribution < 1.29 is 22.4 Å². The van der Waals surface area contributed by atoms with Gasteiger partial charge in [0.2, 0.25) is 11.8 Å². The molecule has 0 saturated heterocycles. The number of sulfonamides is 1. The normalized spacial score (nSPS) is 12.5. The molecular weight excluding hydrogens is 549 g/mol. The van der Waals surface area contributed by atoms with Gasteiger partial charge in [-0.3, -0.25) is 13.9 Å². The molecule has 3 rings (SSSR count). The highest BCUT2D eigenvalue weighted by molar-refractivity contribution is 7.98. The van der Waals surface area contributed by atoms with Crippen molar-refractivity contribution in [3.8, 4) is 0 Å². The number of carbonyl (C=O) groups is 2. The molecule has 0 aliphatic rings. The molecule has 0 aliphatic carbocycles. The molecule has 1 N–H and O–H groups in total. The topological polar surface area (TPSA) is 86.8 Å². The molecule has 7 nitrogen and oxygen atoms in total. The Kier molecular flexibility index (Phi) is 10.0.